The van der Waals surface area contributed by atoms with Gasteiger partial charge in [-0.1, -0.05) is 24.3 Å². The monoisotopic (exact) mass is 363 g/mol. The summed E-state index contributed by atoms with van der Waals surface area (Å²) in [6.07, 6.45) is 0. The first-order valence-electron chi connectivity index (χ1n) is 8.00. The zero-order valence-electron chi connectivity index (χ0n) is 13.9. The lowest BCUT2D eigenvalue weighted by atomic mass is 10.0. The third-order valence-electron chi connectivity index (χ3n) is 4.12. The van der Waals surface area contributed by atoms with Crippen LogP contribution in [0.2, 0.25) is 0 Å². The Morgan fingerprint density at radius 3 is 2.42 bits per heavy atom. The van der Waals surface area contributed by atoms with E-state index < -0.39 is 0 Å². The van der Waals surface area contributed by atoms with E-state index >= 15 is 0 Å². The van der Waals surface area contributed by atoms with Gasteiger partial charge in [-0.3, -0.25) is 0 Å². The fourth-order valence-electron chi connectivity index (χ4n) is 2.95. The van der Waals surface area contributed by atoms with Crippen molar-refractivity contribution >= 4 is 39.1 Å². The number of hydrogen-bond donors (Lipinski definition) is 0. The van der Waals surface area contributed by atoms with Crippen molar-refractivity contribution in [2.45, 2.75) is 0 Å². The Kier molecular flexibility index (Phi) is 4.22. The highest BCUT2D eigenvalue weighted by Crippen LogP contribution is 2.33. The maximum absolute atomic E-state index is 13.1. The topological polar surface area (TPSA) is 31.4 Å². The number of para-hydroxylation sites is 1. The SMILES string of the molecule is COc1cccc2nc3ccccc3c(C(=S)Oc3ccc(F)cc3)c12. The van der Waals surface area contributed by atoms with Crippen molar-refractivity contribution in [3.8, 4) is 11.5 Å². The number of benzene rings is 3. The van der Waals surface area contributed by atoms with Gasteiger partial charge < -0.3 is 9.47 Å². The molecule has 26 heavy (non-hydrogen) atoms. The Balaban J connectivity index is 1.95. The van der Waals surface area contributed by atoms with Crippen molar-refractivity contribution < 1.29 is 13.9 Å². The maximum Gasteiger partial charge on any atom is 0.199 e. The number of aromatic nitrogens is 1. The summed E-state index contributed by atoms with van der Waals surface area (Å²) in [7, 11) is 1.61. The average molecular weight is 363 g/mol. The van der Waals surface area contributed by atoms with Gasteiger partial charge in [-0.15, -0.1) is 0 Å². The van der Waals surface area contributed by atoms with E-state index in [2.05, 4.69) is 0 Å². The predicted molar refractivity (Wildman–Crippen MR) is 105 cm³/mol. The number of nitrogens with zero attached hydrogens (tertiary/aromatic N) is 1. The molecule has 5 heteroatoms. The Hall–Kier alpha value is -3.05. The van der Waals surface area contributed by atoms with Gasteiger partial charge in [0.2, 0.25) is 0 Å². The molecule has 0 aliphatic heterocycles. The molecule has 4 rings (SSSR count). The van der Waals surface area contributed by atoms with Gasteiger partial charge in [0.25, 0.3) is 0 Å². The van der Waals surface area contributed by atoms with Gasteiger partial charge in [0.05, 0.1) is 29.1 Å². The van der Waals surface area contributed by atoms with Crippen LogP contribution in [0.1, 0.15) is 5.56 Å². The number of methoxy groups -OCH3 is 1. The summed E-state index contributed by atoms with van der Waals surface area (Å²) < 4.78 is 24.5. The van der Waals surface area contributed by atoms with Crippen LogP contribution in [0.15, 0.2) is 66.7 Å². The summed E-state index contributed by atoms with van der Waals surface area (Å²) in [5.41, 5.74) is 2.32. The first kappa shape index (κ1) is 16.4. The highest BCUT2D eigenvalue weighted by atomic mass is 32.1. The third-order valence-corrected chi connectivity index (χ3v) is 4.40. The van der Waals surface area contributed by atoms with Crippen LogP contribution in [0.25, 0.3) is 21.8 Å². The fourth-order valence-corrected chi connectivity index (χ4v) is 3.26. The zero-order chi connectivity index (χ0) is 18.1. The molecule has 0 unspecified atom stereocenters. The van der Waals surface area contributed by atoms with E-state index in [4.69, 9.17) is 26.7 Å². The van der Waals surface area contributed by atoms with Crippen molar-refractivity contribution in [1.82, 2.24) is 4.98 Å². The van der Waals surface area contributed by atoms with E-state index in [1.165, 1.54) is 12.1 Å². The van der Waals surface area contributed by atoms with Crippen LogP contribution in [-0.4, -0.2) is 17.1 Å². The van der Waals surface area contributed by atoms with E-state index in [1.54, 1.807) is 19.2 Å². The van der Waals surface area contributed by atoms with E-state index in [0.717, 1.165) is 27.4 Å². The number of fused-ring (bicyclic) bond motifs is 2. The van der Waals surface area contributed by atoms with Crippen LogP contribution in [-0.2, 0) is 0 Å². The molecule has 0 aliphatic rings. The molecule has 0 bridgehead atoms. The molecule has 0 saturated heterocycles. The lowest BCUT2D eigenvalue weighted by Crippen LogP contribution is -2.10. The van der Waals surface area contributed by atoms with Gasteiger partial charge >= 0.3 is 0 Å². The molecule has 1 heterocycles. The summed E-state index contributed by atoms with van der Waals surface area (Å²) >= 11 is 5.60. The van der Waals surface area contributed by atoms with Gasteiger partial charge in [-0.05, 0) is 54.7 Å². The summed E-state index contributed by atoms with van der Waals surface area (Å²) in [6, 6.07) is 19.2. The lowest BCUT2D eigenvalue weighted by molar-refractivity contribution is 0.419. The van der Waals surface area contributed by atoms with Crippen molar-refractivity contribution in [2.75, 3.05) is 7.11 Å². The van der Waals surface area contributed by atoms with Crippen LogP contribution in [0.4, 0.5) is 4.39 Å². The highest BCUT2D eigenvalue weighted by Gasteiger charge is 2.18. The van der Waals surface area contributed by atoms with Crippen LogP contribution in [0, 0.1) is 5.82 Å². The number of pyridine rings is 1. The fraction of sp³-hybridized carbons (Fsp3) is 0.0476. The van der Waals surface area contributed by atoms with Crippen molar-refractivity contribution in [3.63, 3.8) is 0 Å². The molecule has 0 N–H and O–H groups in total. The van der Waals surface area contributed by atoms with E-state index in [9.17, 15) is 4.39 Å². The summed E-state index contributed by atoms with van der Waals surface area (Å²) in [5, 5.41) is 1.95. The molecule has 3 nitrogen and oxygen atoms in total. The Morgan fingerprint density at radius 2 is 1.65 bits per heavy atom. The first-order chi connectivity index (χ1) is 12.7. The van der Waals surface area contributed by atoms with Crippen LogP contribution in [0.5, 0.6) is 11.5 Å². The van der Waals surface area contributed by atoms with E-state index in [0.29, 0.717) is 11.5 Å². The average Bonchev–Trinajstić information content (AvgIpc) is 2.67. The van der Waals surface area contributed by atoms with Crippen molar-refractivity contribution in [2.24, 2.45) is 0 Å². The minimum Gasteiger partial charge on any atom is -0.496 e. The third kappa shape index (κ3) is 2.86. The normalized spacial score (nSPS) is 10.8. The second kappa shape index (κ2) is 6.69. The Bertz CT molecular complexity index is 1130. The molecule has 3 aromatic carbocycles. The minimum atomic E-state index is -0.329. The molecule has 4 aromatic rings. The molecular weight excluding hydrogens is 349 g/mol. The molecule has 0 radical (unpaired) electrons. The van der Waals surface area contributed by atoms with Crippen molar-refractivity contribution in [3.05, 3.63) is 78.1 Å². The van der Waals surface area contributed by atoms with Crippen LogP contribution >= 0.6 is 12.2 Å². The second-order valence-electron chi connectivity index (χ2n) is 5.70. The van der Waals surface area contributed by atoms with E-state index in [1.807, 2.05) is 42.5 Å². The zero-order valence-corrected chi connectivity index (χ0v) is 14.7. The largest absolute Gasteiger partial charge is 0.496 e. The minimum absolute atomic E-state index is 0.282. The molecule has 0 fully saturated rings. The number of rotatable bonds is 3. The van der Waals surface area contributed by atoms with Gasteiger partial charge in [0.15, 0.2) is 5.05 Å². The number of thiocarbonyl (C=S) groups is 1. The molecule has 0 spiro atoms. The molecule has 128 valence electrons. The number of ether oxygens (including phenoxy) is 2. The Morgan fingerprint density at radius 1 is 0.923 bits per heavy atom. The number of halogens is 1. The maximum atomic E-state index is 13.1. The first-order valence-corrected chi connectivity index (χ1v) is 8.41. The second-order valence-corrected chi connectivity index (χ2v) is 6.07. The van der Waals surface area contributed by atoms with Gasteiger partial charge in [0.1, 0.15) is 17.3 Å². The standard InChI is InChI=1S/C21H14FNO2S/c1-24-18-8-4-7-17-20(18)19(15-5-2-3-6-16(15)23-17)21(26)25-14-11-9-13(22)10-12-14/h2-12H,1H3. The van der Waals surface area contributed by atoms with Gasteiger partial charge in [-0.2, -0.15) is 0 Å². The molecule has 1 aromatic heterocycles. The van der Waals surface area contributed by atoms with Crippen LogP contribution < -0.4 is 9.47 Å². The molecule has 0 aliphatic carbocycles. The summed E-state index contributed by atoms with van der Waals surface area (Å²) in [4.78, 5) is 4.70. The quantitative estimate of drug-likeness (QED) is 0.366. The summed E-state index contributed by atoms with van der Waals surface area (Å²) in [6.45, 7) is 0. The Labute approximate surface area is 155 Å². The number of hydrogen-bond acceptors (Lipinski definition) is 4. The van der Waals surface area contributed by atoms with Crippen molar-refractivity contribution in [1.29, 1.82) is 0 Å². The molecule has 0 saturated carbocycles. The van der Waals surface area contributed by atoms with E-state index in [-0.39, 0.29) is 10.9 Å². The lowest BCUT2D eigenvalue weighted by Gasteiger charge is -2.15. The van der Waals surface area contributed by atoms with Gasteiger partial charge in [0, 0.05) is 5.39 Å². The molecule has 0 atom stereocenters. The summed E-state index contributed by atoms with van der Waals surface area (Å²) in [5.74, 6) is 0.811. The molecular formula is C21H14FNO2S. The smallest absolute Gasteiger partial charge is 0.199 e. The predicted octanol–water partition coefficient (Wildman–Crippen LogP) is 5.29. The van der Waals surface area contributed by atoms with Crippen LogP contribution in [0.3, 0.4) is 0 Å². The highest BCUT2D eigenvalue weighted by molar-refractivity contribution is 7.80. The van der Waals surface area contributed by atoms with Gasteiger partial charge in [-0.25, -0.2) is 9.37 Å². The molecule has 0 amide bonds.